The maximum Gasteiger partial charge on any atom is 0.180 e. The van der Waals surface area contributed by atoms with Gasteiger partial charge in [-0.2, -0.15) is 0 Å². The zero-order valence-corrected chi connectivity index (χ0v) is 12.7. The molecule has 0 aromatic heterocycles. The van der Waals surface area contributed by atoms with Gasteiger partial charge in [-0.1, -0.05) is 29.3 Å². The highest BCUT2D eigenvalue weighted by Crippen LogP contribution is 2.15. The van der Waals surface area contributed by atoms with E-state index in [1.54, 1.807) is 12.1 Å². The molecule has 0 bridgehead atoms. The smallest absolute Gasteiger partial charge is 0.180 e. The predicted molar refractivity (Wildman–Crippen MR) is 83.2 cm³/mol. The molecule has 2 aromatic rings. The number of rotatable bonds is 5. The maximum absolute atomic E-state index is 12.1. The first-order valence-corrected chi connectivity index (χ1v) is 8.29. The lowest BCUT2D eigenvalue weighted by Gasteiger charge is -2.08. The average Bonchev–Trinajstić information content (AvgIpc) is 2.41. The summed E-state index contributed by atoms with van der Waals surface area (Å²) in [6.07, 6.45) is 0. The SMILES string of the molecule is Cc1ccc(NCCS(=O)(=O)c2ccc(Cl)cc2)cc1. The van der Waals surface area contributed by atoms with Crippen molar-refractivity contribution in [3.8, 4) is 0 Å². The molecule has 0 spiro atoms. The topological polar surface area (TPSA) is 46.2 Å². The summed E-state index contributed by atoms with van der Waals surface area (Å²) >= 11 is 5.75. The van der Waals surface area contributed by atoms with E-state index in [1.165, 1.54) is 17.7 Å². The van der Waals surface area contributed by atoms with E-state index in [-0.39, 0.29) is 5.75 Å². The zero-order valence-electron chi connectivity index (χ0n) is 11.1. The van der Waals surface area contributed by atoms with Crippen LogP contribution < -0.4 is 5.32 Å². The van der Waals surface area contributed by atoms with Crippen LogP contribution in [0.25, 0.3) is 0 Å². The van der Waals surface area contributed by atoms with Gasteiger partial charge in [-0.3, -0.25) is 0 Å². The van der Waals surface area contributed by atoms with Crippen LogP contribution in [0.3, 0.4) is 0 Å². The number of hydrogen-bond donors (Lipinski definition) is 1. The second kappa shape index (κ2) is 6.29. The minimum atomic E-state index is -3.28. The molecule has 0 radical (unpaired) electrons. The summed E-state index contributed by atoms with van der Waals surface area (Å²) in [5.74, 6) is 0.0442. The molecule has 0 aliphatic carbocycles. The number of anilines is 1. The molecule has 0 unspecified atom stereocenters. The molecule has 0 saturated heterocycles. The van der Waals surface area contributed by atoms with Gasteiger partial charge in [0.1, 0.15) is 0 Å². The van der Waals surface area contributed by atoms with Crippen molar-refractivity contribution in [2.24, 2.45) is 0 Å². The van der Waals surface area contributed by atoms with E-state index >= 15 is 0 Å². The summed E-state index contributed by atoms with van der Waals surface area (Å²) in [6.45, 7) is 2.38. The number of aryl methyl sites for hydroxylation is 1. The van der Waals surface area contributed by atoms with Crippen LogP contribution in [0, 0.1) is 6.92 Å². The van der Waals surface area contributed by atoms with Crippen LogP contribution in [0.2, 0.25) is 5.02 Å². The van der Waals surface area contributed by atoms with Crippen LogP contribution in [0.1, 0.15) is 5.56 Å². The molecule has 0 saturated carbocycles. The number of hydrogen-bond acceptors (Lipinski definition) is 3. The maximum atomic E-state index is 12.1. The van der Waals surface area contributed by atoms with E-state index in [2.05, 4.69) is 5.32 Å². The Hall–Kier alpha value is -1.52. The van der Waals surface area contributed by atoms with Crippen molar-refractivity contribution in [1.29, 1.82) is 0 Å². The molecule has 2 aromatic carbocycles. The number of benzene rings is 2. The third-order valence-corrected chi connectivity index (χ3v) is 4.91. The second-order valence-corrected chi connectivity index (χ2v) is 7.11. The Morgan fingerprint density at radius 2 is 1.60 bits per heavy atom. The van der Waals surface area contributed by atoms with Crippen molar-refractivity contribution in [2.75, 3.05) is 17.6 Å². The van der Waals surface area contributed by atoms with Gasteiger partial charge in [-0.15, -0.1) is 0 Å². The van der Waals surface area contributed by atoms with Crippen molar-refractivity contribution in [3.05, 3.63) is 59.1 Å². The zero-order chi connectivity index (χ0) is 14.6. The summed E-state index contributed by atoms with van der Waals surface area (Å²) in [5, 5.41) is 3.63. The van der Waals surface area contributed by atoms with Crippen molar-refractivity contribution >= 4 is 27.1 Å². The Morgan fingerprint density at radius 3 is 2.20 bits per heavy atom. The van der Waals surface area contributed by atoms with Crippen molar-refractivity contribution in [2.45, 2.75) is 11.8 Å². The van der Waals surface area contributed by atoms with Gasteiger partial charge in [0, 0.05) is 17.3 Å². The molecule has 0 aliphatic heterocycles. The lowest BCUT2D eigenvalue weighted by atomic mass is 10.2. The molecule has 0 atom stereocenters. The van der Waals surface area contributed by atoms with Gasteiger partial charge < -0.3 is 5.32 Å². The Bertz CT molecular complexity index is 664. The van der Waals surface area contributed by atoms with E-state index < -0.39 is 9.84 Å². The van der Waals surface area contributed by atoms with Gasteiger partial charge in [0.2, 0.25) is 0 Å². The van der Waals surface area contributed by atoms with Gasteiger partial charge in [-0.05, 0) is 43.3 Å². The summed E-state index contributed by atoms with van der Waals surface area (Å²) in [5.41, 5.74) is 2.09. The van der Waals surface area contributed by atoms with E-state index in [4.69, 9.17) is 11.6 Å². The highest BCUT2D eigenvalue weighted by molar-refractivity contribution is 7.91. The monoisotopic (exact) mass is 309 g/mol. The molecule has 3 nitrogen and oxygen atoms in total. The molecule has 0 fully saturated rings. The standard InChI is InChI=1S/C15H16ClNO2S/c1-12-2-6-14(7-3-12)17-10-11-20(18,19)15-8-4-13(16)5-9-15/h2-9,17H,10-11H2,1H3. The lowest BCUT2D eigenvalue weighted by molar-refractivity contribution is 0.596. The Labute approximate surface area is 124 Å². The van der Waals surface area contributed by atoms with E-state index in [9.17, 15) is 8.42 Å². The summed E-state index contributed by atoms with van der Waals surface area (Å²) in [6, 6.07) is 14.1. The van der Waals surface area contributed by atoms with Gasteiger partial charge in [0.25, 0.3) is 0 Å². The minimum Gasteiger partial charge on any atom is -0.384 e. The molecule has 0 amide bonds. The molecular formula is C15H16ClNO2S. The first kappa shape index (κ1) is 14.9. The van der Waals surface area contributed by atoms with E-state index in [0.717, 1.165) is 5.69 Å². The van der Waals surface area contributed by atoms with Crippen LogP contribution in [0.5, 0.6) is 0 Å². The first-order valence-electron chi connectivity index (χ1n) is 6.26. The van der Waals surface area contributed by atoms with Crippen LogP contribution in [0.4, 0.5) is 5.69 Å². The molecule has 20 heavy (non-hydrogen) atoms. The molecule has 5 heteroatoms. The van der Waals surface area contributed by atoms with Gasteiger partial charge in [-0.25, -0.2) is 8.42 Å². The predicted octanol–water partition coefficient (Wildman–Crippen LogP) is 3.53. The summed E-state index contributed by atoms with van der Waals surface area (Å²) in [4.78, 5) is 0.299. The summed E-state index contributed by atoms with van der Waals surface area (Å²) in [7, 11) is -3.28. The van der Waals surface area contributed by atoms with Crippen LogP contribution in [-0.2, 0) is 9.84 Å². The number of sulfone groups is 1. The van der Waals surface area contributed by atoms with Crippen LogP contribution >= 0.6 is 11.6 Å². The molecule has 1 N–H and O–H groups in total. The fourth-order valence-corrected chi connectivity index (χ4v) is 3.04. The molecule has 2 rings (SSSR count). The third-order valence-electron chi connectivity index (χ3n) is 2.92. The van der Waals surface area contributed by atoms with Crippen molar-refractivity contribution in [3.63, 3.8) is 0 Å². The van der Waals surface area contributed by atoms with E-state index in [1.807, 2.05) is 31.2 Å². The molecule has 0 aliphatic rings. The van der Waals surface area contributed by atoms with Gasteiger partial charge in [0.05, 0.1) is 10.6 Å². The fraction of sp³-hybridized carbons (Fsp3) is 0.200. The Morgan fingerprint density at radius 1 is 1.00 bits per heavy atom. The second-order valence-electron chi connectivity index (χ2n) is 4.57. The van der Waals surface area contributed by atoms with Crippen molar-refractivity contribution < 1.29 is 8.42 Å². The largest absolute Gasteiger partial charge is 0.384 e. The summed E-state index contributed by atoms with van der Waals surface area (Å²) < 4.78 is 24.2. The highest BCUT2D eigenvalue weighted by atomic mass is 35.5. The molecule has 0 heterocycles. The van der Waals surface area contributed by atoms with Gasteiger partial charge >= 0.3 is 0 Å². The minimum absolute atomic E-state index is 0.0442. The highest BCUT2D eigenvalue weighted by Gasteiger charge is 2.13. The Balaban J connectivity index is 1.96. The first-order chi connectivity index (χ1) is 9.47. The average molecular weight is 310 g/mol. The Kier molecular flexibility index (Phi) is 4.68. The van der Waals surface area contributed by atoms with E-state index in [0.29, 0.717) is 16.5 Å². The molecular weight excluding hydrogens is 294 g/mol. The number of halogens is 1. The van der Waals surface area contributed by atoms with Crippen LogP contribution in [-0.4, -0.2) is 20.7 Å². The fourth-order valence-electron chi connectivity index (χ4n) is 1.76. The van der Waals surface area contributed by atoms with Gasteiger partial charge in [0.15, 0.2) is 9.84 Å². The molecule has 106 valence electrons. The normalized spacial score (nSPS) is 11.3. The lowest BCUT2D eigenvalue weighted by Crippen LogP contribution is -2.15. The number of nitrogens with one attached hydrogen (secondary N) is 1. The van der Waals surface area contributed by atoms with Crippen LogP contribution in [0.15, 0.2) is 53.4 Å². The van der Waals surface area contributed by atoms with Crippen molar-refractivity contribution in [1.82, 2.24) is 0 Å². The quantitative estimate of drug-likeness (QED) is 0.919. The third kappa shape index (κ3) is 3.99.